The molecule has 1 aromatic rings. The Morgan fingerprint density at radius 2 is 2.19 bits per heavy atom. The van der Waals surface area contributed by atoms with Crippen molar-refractivity contribution in [1.82, 2.24) is 0 Å². The molecule has 0 saturated heterocycles. The van der Waals surface area contributed by atoms with Crippen molar-refractivity contribution in [3.8, 4) is 0 Å². The van der Waals surface area contributed by atoms with Crippen LogP contribution in [0.5, 0.6) is 0 Å². The first-order valence-corrected chi connectivity index (χ1v) is 5.82. The van der Waals surface area contributed by atoms with Gasteiger partial charge in [-0.1, -0.05) is 11.6 Å². The highest BCUT2D eigenvalue weighted by Gasteiger charge is 2.09. The van der Waals surface area contributed by atoms with Crippen molar-refractivity contribution in [2.75, 3.05) is 5.32 Å². The fourth-order valence-electron chi connectivity index (χ4n) is 1.10. The Kier molecular flexibility index (Phi) is 4.56. The fourth-order valence-corrected chi connectivity index (χ4v) is 2.00. The van der Waals surface area contributed by atoms with E-state index in [0.29, 0.717) is 10.2 Å². The van der Waals surface area contributed by atoms with Crippen LogP contribution in [0.25, 0.3) is 0 Å². The number of nitrogens with zero attached hydrogens (tertiary/aromatic N) is 1. The Balaban J connectivity index is 2.98. The number of halogens is 3. The molecular weight excluding hydrogens is 296 g/mol. The highest BCUT2D eigenvalue weighted by Crippen LogP contribution is 2.31. The van der Waals surface area contributed by atoms with Gasteiger partial charge in [0.15, 0.2) is 5.96 Å². The lowest BCUT2D eigenvalue weighted by atomic mass is 10.3. The normalized spacial score (nSPS) is 12.0. The molecule has 0 atom stereocenters. The topological polar surface area (TPSA) is 50.4 Å². The molecule has 0 saturated carbocycles. The highest BCUT2D eigenvalue weighted by atomic mass is 79.9. The first-order valence-electron chi connectivity index (χ1n) is 4.65. The minimum absolute atomic E-state index is 0.0745. The summed E-state index contributed by atoms with van der Waals surface area (Å²) in [5.74, 6) is -0.175. The number of guanidine groups is 1. The van der Waals surface area contributed by atoms with Crippen molar-refractivity contribution in [3.63, 3.8) is 0 Å². The molecule has 6 heteroatoms. The molecule has 0 bridgehead atoms. The number of nitrogens with two attached hydrogens (primary N) is 1. The van der Waals surface area contributed by atoms with E-state index >= 15 is 0 Å². The number of benzene rings is 1. The van der Waals surface area contributed by atoms with E-state index in [-0.39, 0.29) is 17.0 Å². The summed E-state index contributed by atoms with van der Waals surface area (Å²) in [5, 5.41) is 3.06. The third kappa shape index (κ3) is 3.64. The molecule has 0 aromatic heterocycles. The minimum Gasteiger partial charge on any atom is -0.370 e. The number of rotatable bonds is 2. The van der Waals surface area contributed by atoms with Crippen LogP contribution in [0.3, 0.4) is 0 Å². The van der Waals surface area contributed by atoms with Crippen LogP contribution < -0.4 is 11.1 Å². The molecular formula is C10H12BrClFN3. The Hall–Kier alpha value is -0.810. The maximum atomic E-state index is 13.0. The quantitative estimate of drug-likeness (QED) is 0.650. The van der Waals surface area contributed by atoms with Gasteiger partial charge in [-0.2, -0.15) is 0 Å². The number of hydrogen-bond donors (Lipinski definition) is 2. The first-order chi connectivity index (χ1) is 7.40. The van der Waals surface area contributed by atoms with Gasteiger partial charge in [0.1, 0.15) is 5.82 Å². The van der Waals surface area contributed by atoms with Crippen LogP contribution in [-0.4, -0.2) is 12.0 Å². The molecule has 16 heavy (non-hydrogen) atoms. The van der Waals surface area contributed by atoms with Crippen LogP contribution in [-0.2, 0) is 0 Å². The largest absolute Gasteiger partial charge is 0.370 e. The number of anilines is 1. The van der Waals surface area contributed by atoms with Crippen LogP contribution in [0.4, 0.5) is 10.1 Å². The van der Waals surface area contributed by atoms with Crippen molar-refractivity contribution < 1.29 is 4.39 Å². The van der Waals surface area contributed by atoms with Crippen LogP contribution in [0.1, 0.15) is 13.8 Å². The van der Waals surface area contributed by atoms with Gasteiger partial charge < -0.3 is 11.1 Å². The van der Waals surface area contributed by atoms with Crippen LogP contribution >= 0.6 is 27.5 Å². The molecule has 0 fully saturated rings. The number of aliphatic imine (C=N–C) groups is 1. The lowest BCUT2D eigenvalue weighted by molar-refractivity contribution is 0.627. The molecule has 3 nitrogen and oxygen atoms in total. The van der Waals surface area contributed by atoms with Gasteiger partial charge in [-0.25, -0.2) is 4.39 Å². The lowest BCUT2D eigenvalue weighted by Gasteiger charge is -2.10. The molecule has 0 heterocycles. The third-order valence-electron chi connectivity index (χ3n) is 1.66. The zero-order valence-corrected chi connectivity index (χ0v) is 11.2. The molecule has 1 aromatic carbocycles. The van der Waals surface area contributed by atoms with Crippen LogP contribution in [0.2, 0.25) is 5.02 Å². The van der Waals surface area contributed by atoms with E-state index in [1.54, 1.807) is 0 Å². The standard InChI is InChI=1S/C10H12BrClFN3/c1-5(2)15-10(14)16-9-7(11)3-6(13)4-8(9)12/h3-5H,1-2H3,(H3,14,15,16). The van der Waals surface area contributed by atoms with Gasteiger partial charge in [0.25, 0.3) is 0 Å². The van der Waals surface area contributed by atoms with E-state index in [1.807, 2.05) is 13.8 Å². The Labute approximate surface area is 107 Å². The Morgan fingerprint density at radius 1 is 1.56 bits per heavy atom. The molecule has 0 aliphatic heterocycles. The van der Waals surface area contributed by atoms with Gasteiger partial charge in [0, 0.05) is 10.5 Å². The van der Waals surface area contributed by atoms with E-state index in [0.717, 1.165) is 0 Å². The van der Waals surface area contributed by atoms with Gasteiger partial charge in [0.2, 0.25) is 0 Å². The molecule has 1 rings (SSSR count). The second kappa shape index (κ2) is 5.50. The summed E-state index contributed by atoms with van der Waals surface area (Å²) in [5.41, 5.74) is 6.15. The third-order valence-corrected chi connectivity index (χ3v) is 2.58. The zero-order chi connectivity index (χ0) is 12.3. The lowest BCUT2D eigenvalue weighted by Crippen LogP contribution is -2.24. The Morgan fingerprint density at radius 3 is 2.69 bits per heavy atom. The first kappa shape index (κ1) is 13.3. The van der Waals surface area contributed by atoms with Crippen molar-refractivity contribution in [3.05, 3.63) is 27.4 Å². The number of hydrogen-bond acceptors (Lipinski definition) is 1. The van der Waals surface area contributed by atoms with Crippen molar-refractivity contribution >= 4 is 39.2 Å². The molecule has 0 amide bonds. The van der Waals surface area contributed by atoms with Crippen molar-refractivity contribution in [2.45, 2.75) is 19.9 Å². The molecule has 0 radical (unpaired) electrons. The van der Waals surface area contributed by atoms with Crippen molar-refractivity contribution in [2.24, 2.45) is 10.7 Å². The van der Waals surface area contributed by atoms with E-state index < -0.39 is 5.82 Å². The molecule has 88 valence electrons. The van der Waals surface area contributed by atoms with Gasteiger partial charge in [-0.15, -0.1) is 0 Å². The summed E-state index contributed by atoms with van der Waals surface area (Å²) in [4.78, 5) is 4.09. The maximum absolute atomic E-state index is 13.0. The van der Waals surface area contributed by atoms with E-state index in [9.17, 15) is 4.39 Å². The van der Waals surface area contributed by atoms with Gasteiger partial charge in [0.05, 0.1) is 10.7 Å². The van der Waals surface area contributed by atoms with E-state index in [1.165, 1.54) is 12.1 Å². The predicted molar refractivity (Wildman–Crippen MR) is 69.5 cm³/mol. The number of nitrogens with one attached hydrogen (secondary N) is 1. The fraction of sp³-hybridized carbons (Fsp3) is 0.300. The average Bonchev–Trinajstić information content (AvgIpc) is 2.09. The molecule has 0 aliphatic rings. The molecule has 3 N–H and O–H groups in total. The minimum atomic E-state index is -0.415. The summed E-state index contributed by atoms with van der Waals surface area (Å²) in [6.07, 6.45) is 0. The molecule has 0 aliphatic carbocycles. The van der Waals surface area contributed by atoms with Gasteiger partial charge in [-0.05, 0) is 41.9 Å². The average molecular weight is 309 g/mol. The highest BCUT2D eigenvalue weighted by molar-refractivity contribution is 9.10. The van der Waals surface area contributed by atoms with Crippen LogP contribution in [0.15, 0.2) is 21.6 Å². The van der Waals surface area contributed by atoms with Crippen molar-refractivity contribution in [1.29, 1.82) is 0 Å². The monoisotopic (exact) mass is 307 g/mol. The Bertz CT molecular complexity index is 398. The smallest absolute Gasteiger partial charge is 0.193 e. The van der Waals surface area contributed by atoms with Crippen LogP contribution in [0, 0.1) is 5.82 Å². The molecule has 0 spiro atoms. The predicted octanol–water partition coefficient (Wildman–Crippen LogP) is 3.38. The van der Waals surface area contributed by atoms with Gasteiger partial charge in [-0.3, -0.25) is 4.99 Å². The second-order valence-electron chi connectivity index (χ2n) is 3.48. The zero-order valence-electron chi connectivity index (χ0n) is 8.89. The summed E-state index contributed by atoms with van der Waals surface area (Å²) in [6.45, 7) is 3.80. The van der Waals surface area contributed by atoms with E-state index in [4.69, 9.17) is 17.3 Å². The maximum Gasteiger partial charge on any atom is 0.193 e. The SMILES string of the molecule is CC(C)N=C(N)Nc1c(Cl)cc(F)cc1Br. The van der Waals surface area contributed by atoms with E-state index in [2.05, 4.69) is 26.2 Å². The summed E-state index contributed by atoms with van der Waals surface area (Å²) in [7, 11) is 0. The van der Waals surface area contributed by atoms with Gasteiger partial charge >= 0.3 is 0 Å². The summed E-state index contributed by atoms with van der Waals surface area (Å²) in [6, 6.07) is 2.58. The second-order valence-corrected chi connectivity index (χ2v) is 4.74. The molecule has 0 unspecified atom stereocenters. The summed E-state index contributed by atoms with van der Waals surface area (Å²) < 4.78 is 13.5. The summed E-state index contributed by atoms with van der Waals surface area (Å²) >= 11 is 9.07.